The molecule has 4 nitrogen and oxygen atoms in total. The average molecular weight is 403 g/mol. The standard InChI is InChI=1S/C20H23BrN2O2/c1-16-3-2-4-19(13-16)25-15-20(24)23-11-9-22(10-12-23)14-17-5-7-18(21)8-6-17/h2-8,13H,9-12,14-15H2,1H3. The molecule has 25 heavy (non-hydrogen) atoms. The number of piperazine rings is 1. The Morgan fingerprint density at radius 1 is 1.08 bits per heavy atom. The van der Waals surface area contributed by atoms with E-state index in [1.54, 1.807) is 0 Å². The SMILES string of the molecule is Cc1cccc(OCC(=O)N2CCN(Cc3ccc(Br)cc3)CC2)c1. The summed E-state index contributed by atoms with van der Waals surface area (Å²) in [5.41, 5.74) is 2.43. The van der Waals surface area contributed by atoms with Gasteiger partial charge < -0.3 is 9.64 Å². The molecule has 0 atom stereocenters. The number of carbonyl (C=O) groups excluding carboxylic acids is 1. The molecule has 0 N–H and O–H groups in total. The number of ether oxygens (including phenoxy) is 1. The second-order valence-electron chi connectivity index (χ2n) is 6.39. The lowest BCUT2D eigenvalue weighted by atomic mass is 10.2. The maximum Gasteiger partial charge on any atom is 0.260 e. The Kier molecular flexibility index (Phi) is 6.10. The van der Waals surface area contributed by atoms with Crippen molar-refractivity contribution in [2.24, 2.45) is 0 Å². The molecule has 1 saturated heterocycles. The van der Waals surface area contributed by atoms with Gasteiger partial charge in [-0.1, -0.05) is 40.2 Å². The highest BCUT2D eigenvalue weighted by atomic mass is 79.9. The Labute approximate surface area is 157 Å². The van der Waals surface area contributed by atoms with E-state index in [1.807, 2.05) is 36.1 Å². The summed E-state index contributed by atoms with van der Waals surface area (Å²) in [5, 5.41) is 0. The molecule has 2 aromatic carbocycles. The molecule has 1 amide bonds. The number of aryl methyl sites for hydroxylation is 1. The van der Waals surface area contributed by atoms with Crippen LogP contribution in [0, 0.1) is 6.92 Å². The van der Waals surface area contributed by atoms with Crippen molar-refractivity contribution < 1.29 is 9.53 Å². The van der Waals surface area contributed by atoms with Crippen molar-refractivity contribution in [2.75, 3.05) is 32.8 Å². The first-order chi connectivity index (χ1) is 12.1. The van der Waals surface area contributed by atoms with E-state index in [0.717, 1.165) is 48.5 Å². The van der Waals surface area contributed by atoms with Crippen LogP contribution in [0.4, 0.5) is 0 Å². The molecule has 0 unspecified atom stereocenters. The smallest absolute Gasteiger partial charge is 0.260 e. The van der Waals surface area contributed by atoms with Gasteiger partial charge in [0, 0.05) is 37.2 Å². The molecular formula is C20H23BrN2O2. The Morgan fingerprint density at radius 2 is 1.80 bits per heavy atom. The van der Waals surface area contributed by atoms with Crippen LogP contribution >= 0.6 is 15.9 Å². The van der Waals surface area contributed by atoms with E-state index in [9.17, 15) is 4.79 Å². The molecule has 5 heteroatoms. The van der Waals surface area contributed by atoms with E-state index >= 15 is 0 Å². The first-order valence-electron chi connectivity index (χ1n) is 8.54. The topological polar surface area (TPSA) is 32.8 Å². The third kappa shape index (κ3) is 5.31. The van der Waals surface area contributed by atoms with Crippen LogP contribution in [0.3, 0.4) is 0 Å². The number of hydrogen-bond acceptors (Lipinski definition) is 3. The van der Waals surface area contributed by atoms with Crippen molar-refractivity contribution in [2.45, 2.75) is 13.5 Å². The van der Waals surface area contributed by atoms with Crippen molar-refractivity contribution in [3.05, 3.63) is 64.1 Å². The fourth-order valence-electron chi connectivity index (χ4n) is 2.94. The summed E-state index contributed by atoms with van der Waals surface area (Å²) >= 11 is 3.46. The largest absolute Gasteiger partial charge is 0.484 e. The Morgan fingerprint density at radius 3 is 2.48 bits per heavy atom. The van der Waals surface area contributed by atoms with Gasteiger partial charge in [0.15, 0.2) is 6.61 Å². The number of benzene rings is 2. The summed E-state index contributed by atoms with van der Waals surface area (Å²) in [6, 6.07) is 16.2. The lowest BCUT2D eigenvalue weighted by Crippen LogP contribution is -2.49. The van der Waals surface area contributed by atoms with Gasteiger partial charge in [-0.25, -0.2) is 0 Å². The highest BCUT2D eigenvalue weighted by Crippen LogP contribution is 2.15. The quantitative estimate of drug-likeness (QED) is 0.767. The minimum Gasteiger partial charge on any atom is -0.484 e. The maximum atomic E-state index is 12.3. The van der Waals surface area contributed by atoms with Crippen LogP contribution in [0.15, 0.2) is 53.0 Å². The van der Waals surface area contributed by atoms with Crippen LogP contribution in [-0.4, -0.2) is 48.5 Å². The van der Waals surface area contributed by atoms with Crippen LogP contribution in [-0.2, 0) is 11.3 Å². The first-order valence-corrected chi connectivity index (χ1v) is 9.33. The summed E-state index contributed by atoms with van der Waals surface area (Å²) < 4.78 is 6.72. The number of carbonyl (C=O) groups is 1. The van der Waals surface area contributed by atoms with Gasteiger partial charge in [0.25, 0.3) is 5.91 Å². The lowest BCUT2D eigenvalue weighted by Gasteiger charge is -2.34. The number of hydrogen-bond donors (Lipinski definition) is 0. The van der Waals surface area contributed by atoms with Crippen molar-refractivity contribution >= 4 is 21.8 Å². The second-order valence-corrected chi connectivity index (χ2v) is 7.30. The van der Waals surface area contributed by atoms with Crippen LogP contribution in [0.25, 0.3) is 0 Å². The molecule has 0 radical (unpaired) electrons. The van der Waals surface area contributed by atoms with E-state index < -0.39 is 0 Å². The molecule has 0 aliphatic carbocycles. The van der Waals surface area contributed by atoms with E-state index in [2.05, 4.69) is 45.1 Å². The Hall–Kier alpha value is -1.85. The minimum absolute atomic E-state index is 0.0600. The van der Waals surface area contributed by atoms with Crippen molar-refractivity contribution in [3.63, 3.8) is 0 Å². The van der Waals surface area contributed by atoms with Crippen molar-refractivity contribution in [3.8, 4) is 5.75 Å². The fourth-order valence-corrected chi connectivity index (χ4v) is 3.21. The minimum atomic E-state index is 0.0600. The highest BCUT2D eigenvalue weighted by Gasteiger charge is 2.21. The van der Waals surface area contributed by atoms with E-state index in [1.165, 1.54) is 5.56 Å². The third-order valence-corrected chi connectivity index (χ3v) is 4.92. The zero-order valence-electron chi connectivity index (χ0n) is 14.5. The molecule has 2 aromatic rings. The van der Waals surface area contributed by atoms with Gasteiger partial charge in [-0.3, -0.25) is 9.69 Å². The highest BCUT2D eigenvalue weighted by molar-refractivity contribution is 9.10. The number of halogens is 1. The summed E-state index contributed by atoms with van der Waals surface area (Å²) in [6.07, 6.45) is 0. The lowest BCUT2D eigenvalue weighted by molar-refractivity contribution is -0.135. The number of amides is 1. The van der Waals surface area contributed by atoms with Gasteiger partial charge in [0.05, 0.1) is 0 Å². The van der Waals surface area contributed by atoms with Crippen LogP contribution in [0.2, 0.25) is 0 Å². The first kappa shape index (κ1) is 18.0. The summed E-state index contributed by atoms with van der Waals surface area (Å²) in [7, 11) is 0. The van der Waals surface area contributed by atoms with Gasteiger partial charge in [-0.15, -0.1) is 0 Å². The van der Waals surface area contributed by atoms with E-state index in [0.29, 0.717) is 0 Å². The Balaban J connectivity index is 1.43. The molecule has 0 spiro atoms. The molecule has 1 fully saturated rings. The zero-order valence-corrected chi connectivity index (χ0v) is 16.0. The van der Waals surface area contributed by atoms with Crippen LogP contribution in [0.5, 0.6) is 5.75 Å². The van der Waals surface area contributed by atoms with Gasteiger partial charge in [-0.2, -0.15) is 0 Å². The predicted molar refractivity (Wildman–Crippen MR) is 103 cm³/mol. The van der Waals surface area contributed by atoms with Gasteiger partial charge in [0.1, 0.15) is 5.75 Å². The molecule has 1 aliphatic rings. The van der Waals surface area contributed by atoms with Crippen LogP contribution in [0.1, 0.15) is 11.1 Å². The molecule has 1 aliphatic heterocycles. The maximum absolute atomic E-state index is 12.3. The fraction of sp³-hybridized carbons (Fsp3) is 0.350. The average Bonchev–Trinajstić information content (AvgIpc) is 2.62. The molecule has 0 bridgehead atoms. The predicted octanol–water partition coefficient (Wildman–Crippen LogP) is 3.48. The van der Waals surface area contributed by atoms with Crippen LogP contribution < -0.4 is 4.74 Å². The zero-order chi connectivity index (χ0) is 17.6. The molecule has 1 heterocycles. The van der Waals surface area contributed by atoms with E-state index in [4.69, 9.17) is 4.74 Å². The molecule has 0 aromatic heterocycles. The van der Waals surface area contributed by atoms with Gasteiger partial charge in [-0.05, 0) is 42.3 Å². The second kappa shape index (κ2) is 8.50. The van der Waals surface area contributed by atoms with Crippen molar-refractivity contribution in [1.29, 1.82) is 0 Å². The van der Waals surface area contributed by atoms with Gasteiger partial charge >= 0.3 is 0 Å². The summed E-state index contributed by atoms with van der Waals surface area (Å²) in [6.45, 7) is 6.35. The molecule has 132 valence electrons. The molecular weight excluding hydrogens is 380 g/mol. The van der Waals surface area contributed by atoms with Crippen molar-refractivity contribution in [1.82, 2.24) is 9.80 Å². The Bertz CT molecular complexity index is 710. The molecule has 3 rings (SSSR count). The van der Waals surface area contributed by atoms with E-state index in [-0.39, 0.29) is 12.5 Å². The summed E-state index contributed by atoms with van der Waals surface area (Å²) in [5.74, 6) is 0.812. The third-order valence-electron chi connectivity index (χ3n) is 4.40. The molecule has 0 saturated carbocycles. The summed E-state index contributed by atoms with van der Waals surface area (Å²) in [4.78, 5) is 16.6. The monoisotopic (exact) mass is 402 g/mol. The van der Waals surface area contributed by atoms with Gasteiger partial charge in [0.2, 0.25) is 0 Å². The normalized spacial score (nSPS) is 15.2. The number of rotatable bonds is 5. The number of nitrogens with zero attached hydrogens (tertiary/aromatic N) is 2.